The molecule has 2 aromatic rings. The molecule has 1 atom stereocenters. The number of nitrogens with zero attached hydrogens (tertiary/aromatic N) is 5. The van der Waals surface area contributed by atoms with E-state index in [9.17, 15) is 0 Å². The molecule has 148 valence electrons. The van der Waals surface area contributed by atoms with E-state index >= 15 is 0 Å². The van der Waals surface area contributed by atoms with Crippen molar-refractivity contribution in [1.29, 1.82) is 0 Å². The van der Waals surface area contributed by atoms with Gasteiger partial charge in [-0.15, -0.1) is 5.10 Å². The minimum atomic E-state index is -0.0579. The Hall–Kier alpha value is -1.75. The summed E-state index contributed by atoms with van der Waals surface area (Å²) in [5.41, 5.74) is 1.41. The van der Waals surface area contributed by atoms with E-state index in [-0.39, 0.29) is 11.6 Å². The van der Waals surface area contributed by atoms with Gasteiger partial charge in [-0.1, -0.05) is 51.1 Å². The fourth-order valence-electron chi connectivity index (χ4n) is 4.23. The predicted octanol–water partition coefficient (Wildman–Crippen LogP) is 4.47. The standard InChI is InChI=1S/C22H35N5/c1-6-22(4,5)27-21(23-24-25-27)20(17(2)3)26-14-12-19(13-15-26)16-18-10-8-7-9-11-18/h7-11,17,19-20H,6,12-16H2,1-5H3. The van der Waals surface area contributed by atoms with E-state index < -0.39 is 0 Å². The van der Waals surface area contributed by atoms with Crippen LogP contribution in [0.15, 0.2) is 30.3 Å². The number of piperidine rings is 1. The fourth-order valence-corrected chi connectivity index (χ4v) is 4.23. The van der Waals surface area contributed by atoms with Gasteiger partial charge in [-0.25, -0.2) is 4.68 Å². The lowest BCUT2D eigenvalue weighted by molar-refractivity contribution is 0.0902. The Kier molecular flexibility index (Phi) is 6.30. The summed E-state index contributed by atoms with van der Waals surface area (Å²) < 4.78 is 2.06. The molecule has 1 aromatic heterocycles. The largest absolute Gasteiger partial charge is 0.293 e. The van der Waals surface area contributed by atoms with Gasteiger partial charge in [0.1, 0.15) is 0 Å². The number of aromatic nitrogens is 4. The first-order valence-corrected chi connectivity index (χ1v) is 10.5. The maximum Gasteiger partial charge on any atom is 0.169 e. The number of hydrogen-bond donors (Lipinski definition) is 0. The van der Waals surface area contributed by atoms with Gasteiger partial charge in [0.05, 0.1) is 11.6 Å². The molecule has 3 rings (SSSR count). The number of benzene rings is 1. The van der Waals surface area contributed by atoms with Gasteiger partial charge >= 0.3 is 0 Å². The van der Waals surface area contributed by atoms with Crippen LogP contribution in [0.1, 0.15) is 71.3 Å². The number of tetrazole rings is 1. The molecule has 5 heteroatoms. The first-order chi connectivity index (χ1) is 12.9. The van der Waals surface area contributed by atoms with Crippen LogP contribution in [0.5, 0.6) is 0 Å². The summed E-state index contributed by atoms with van der Waals surface area (Å²) in [5, 5.41) is 12.9. The Morgan fingerprint density at radius 2 is 1.78 bits per heavy atom. The summed E-state index contributed by atoms with van der Waals surface area (Å²) in [7, 11) is 0. The molecule has 5 nitrogen and oxygen atoms in total. The first-order valence-electron chi connectivity index (χ1n) is 10.5. The van der Waals surface area contributed by atoms with Crippen LogP contribution in [0.25, 0.3) is 0 Å². The molecular weight excluding hydrogens is 334 g/mol. The summed E-state index contributed by atoms with van der Waals surface area (Å²) >= 11 is 0. The second-order valence-corrected chi connectivity index (χ2v) is 8.97. The summed E-state index contributed by atoms with van der Waals surface area (Å²) in [4.78, 5) is 2.61. The van der Waals surface area contributed by atoms with E-state index in [4.69, 9.17) is 0 Å². The summed E-state index contributed by atoms with van der Waals surface area (Å²) in [6.45, 7) is 13.5. The fraction of sp³-hybridized carbons (Fsp3) is 0.682. The van der Waals surface area contributed by atoms with Crippen LogP contribution in [-0.4, -0.2) is 38.2 Å². The Labute approximate surface area is 164 Å². The zero-order valence-electron chi connectivity index (χ0n) is 17.6. The number of rotatable bonds is 7. The van der Waals surface area contributed by atoms with Crippen LogP contribution >= 0.6 is 0 Å². The molecule has 0 spiro atoms. The van der Waals surface area contributed by atoms with Crippen molar-refractivity contribution >= 4 is 0 Å². The molecule has 27 heavy (non-hydrogen) atoms. The molecule has 1 fully saturated rings. The number of likely N-dealkylation sites (tertiary alicyclic amines) is 1. The average Bonchev–Trinajstić information content (AvgIpc) is 3.14. The minimum absolute atomic E-state index is 0.0579. The topological polar surface area (TPSA) is 46.8 Å². The Balaban J connectivity index is 1.70. The van der Waals surface area contributed by atoms with Crippen LogP contribution in [0.3, 0.4) is 0 Å². The van der Waals surface area contributed by atoms with Crippen molar-refractivity contribution in [1.82, 2.24) is 25.1 Å². The minimum Gasteiger partial charge on any atom is -0.293 e. The lowest BCUT2D eigenvalue weighted by Gasteiger charge is -2.39. The monoisotopic (exact) mass is 369 g/mol. The molecule has 1 aliphatic heterocycles. The van der Waals surface area contributed by atoms with Crippen molar-refractivity contribution in [3.8, 4) is 0 Å². The van der Waals surface area contributed by atoms with Gasteiger partial charge in [-0.2, -0.15) is 0 Å². The lowest BCUT2D eigenvalue weighted by atomic mass is 9.88. The van der Waals surface area contributed by atoms with Crippen LogP contribution in [0.4, 0.5) is 0 Å². The van der Waals surface area contributed by atoms with Crippen molar-refractivity contribution < 1.29 is 0 Å². The van der Waals surface area contributed by atoms with Crippen molar-refractivity contribution in [2.45, 2.75) is 71.9 Å². The summed E-state index contributed by atoms with van der Waals surface area (Å²) in [6, 6.07) is 11.2. The van der Waals surface area contributed by atoms with E-state index in [1.54, 1.807) is 0 Å². The molecule has 1 saturated heterocycles. The molecule has 1 unspecified atom stereocenters. The van der Waals surface area contributed by atoms with Crippen LogP contribution in [0.2, 0.25) is 0 Å². The van der Waals surface area contributed by atoms with Gasteiger partial charge in [0.2, 0.25) is 0 Å². The molecule has 0 amide bonds. The van der Waals surface area contributed by atoms with E-state index in [1.807, 2.05) is 0 Å². The van der Waals surface area contributed by atoms with E-state index in [2.05, 4.69) is 90.1 Å². The van der Waals surface area contributed by atoms with Crippen molar-refractivity contribution in [3.63, 3.8) is 0 Å². The predicted molar refractivity (Wildman–Crippen MR) is 109 cm³/mol. The molecule has 2 heterocycles. The van der Waals surface area contributed by atoms with Crippen LogP contribution in [-0.2, 0) is 12.0 Å². The van der Waals surface area contributed by atoms with E-state index in [1.165, 1.54) is 24.8 Å². The van der Waals surface area contributed by atoms with Gasteiger partial charge in [-0.05, 0) is 80.4 Å². The van der Waals surface area contributed by atoms with Crippen LogP contribution < -0.4 is 0 Å². The second kappa shape index (κ2) is 8.51. The van der Waals surface area contributed by atoms with Gasteiger partial charge in [0, 0.05) is 0 Å². The molecule has 1 aromatic carbocycles. The lowest BCUT2D eigenvalue weighted by Crippen LogP contribution is -2.42. The second-order valence-electron chi connectivity index (χ2n) is 8.97. The smallest absolute Gasteiger partial charge is 0.169 e. The summed E-state index contributed by atoms with van der Waals surface area (Å²) in [5.74, 6) is 2.28. The Morgan fingerprint density at radius 3 is 2.37 bits per heavy atom. The maximum absolute atomic E-state index is 4.47. The van der Waals surface area contributed by atoms with E-state index in [0.29, 0.717) is 5.92 Å². The molecule has 0 radical (unpaired) electrons. The highest BCUT2D eigenvalue weighted by Crippen LogP contribution is 2.34. The van der Waals surface area contributed by atoms with Crippen molar-refractivity contribution in [2.24, 2.45) is 11.8 Å². The molecule has 0 saturated carbocycles. The molecule has 0 bridgehead atoms. The molecule has 0 N–H and O–H groups in total. The Bertz CT molecular complexity index is 699. The van der Waals surface area contributed by atoms with Crippen LogP contribution in [0, 0.1) is 11.8 Å². The van der Waals surface area contributed by atoms with Gasteiger partial charge in [0.15, 0.2) is 5.82 Å². The third-order valence-corrected chi connectivity index (χ3v) is 6.24. The normalized spacial score (nSPS) is 18.1. The highest BCUT2D eigenvalue weighted by Gasteiger charge is 2.34. The molecule has 0 aliphatic carbocycles. The number of hydrogen-bond acceptors (Lipinski definition) is 4. The average molecular weight is 370 g/mol. The molecular formula is C22H35N5. The summed E-state index contributed by atoms with van der Waals surface area (Å²) in [6.07, 6.45) is 4.70. The van der Waals surface area contributed by atoms with Gasteiger partial charge in [-0.3, -0.25) is 4.90 Å². The van der Waals surface area contributed by atoms with Crippen molar-refractivity contribution in [3.05, 3.63) is 41.7 Å². The zero-order chi connectivity index (χ0) is 19.4. The van der Waals surface area contributed by atoms with E-state index in [0.717, 1.165) is 31.3 Å². The SMILES string of the molecule is CCC(C)(C)n1nnnc1C(C(C)C)N1CCC(Cc2ccccc2)CC1. The first kappa shape index (κ1) is 20.0. The van der Waals surface area contributed by atoms with Gasteiger partial charge < -0.3 is 0 Å². The van der Waals surface area contributed by atoms with Gasteiger partial charge in [0.25, 0.3) is 0 Å². The Morgan fingerprint density at radius 1 is 1.11 bits per heavy atom. The highest BCUT2D eigenvalue weighted by atomic mass is 15.6. The zero-order valence-corrected chi connectivity index (χ0v) is 17.6. The third kappa shape index (κ3) is 4.57. The molecule has 1 aliphatic rings. The highest BCUT2D eigenvalue weighted by molar-refractivity contribution is 5.15. The maximum atomic E-state index is 4.47. The van der Waals surface area contributed by atoms with Crippen molar-refractivity contribution in [2.75, 3.05) is 13.1 Å². The third-order valence-electron chi connectivity index (χ3n) is 6.24. The quantitative estimate of drug-likeness (QED) is 0.722.